The molecule has 1 aliphatic carbocycles. The van der Waals surface area contributed by atoms with Gasteiger partial charge < -0.3 is 4.90 Å². The first-order valence-corrected chi connectivity index (χ1v) is 6.43. The molecule has 2 atom stereocenters. The fourth-order valence-corrected chi connectivity index (χ4v) is 2.66. The average Bonchev–Trinajstić information content (AvgIpc) is 2.28. The van der Waals surface area contributed by atoms with Crippen molar-refractivity contribution in [3.63, 3.8) is 0 Å². The molecule has 16 heavy (non-hydrogen) atoms. The summed E-state index contributed by atoms with van der Waals surface area (Å²) in [4.78, 5) is 2.41. The zero-order valence-corrected chi connectivity index (χ0v) is 11.1. The van der Waals surface area contributed by atoms with Gasteiger partial charge in [0, 0.05) is 12.1 Å². The molecule has 0 aliphatic heterocycles. The Balaban J connectivity index is 2.68. The largest absolute Gasteiger partial charge is 0.301 e. The predicted octanol–water partition coefficient (Wildman–Crippen LogP) is 2.14. The molecule has 0 aromatic rings. The van der Waals surface area contributed by atoms with Crippen LogP contribution in [0.15, 0.2) is 0 Å². The minimum atomic E-state index is -0.277. The van der Waals surface area contributed by atoms with E-state index in [1.807, 2.05) is 0 Å². The number of rotatable bonds is 4. The second-order valence-electron chi connectivity index (χ2n) is 5.23. The van der Waals surface area contributed by atoms with Crippen LogP contribution in [0, 0.1) is 11.3 Å². The van der Waals surface area contributed by atoms with E-state index < -0.39 is 0 Å². The summed E-state index contributed by atoms with van der Waals surface area (Å²) in [7, 11) is 2.18. The highest BCUT2D eigenvalue weighted by atomic mass is 15.2. The highest BCUT2D eigenvalue weighted by Gasteiger charge is 2.37. The second kappa shape index (κ2) is 5.65. The molecule has 1 saturated carbocycles. The lowest BCUT2D eigenvalue weighted by atomic mass is 9.79. The Morgan fingerprint density at radius 2 is 2.25 bits per heavy atom. The topological polar surface area (TPSA) is 39.1 Å². The van der Waals surface area contributed by atoms with E-state index in [-0.39, 0.29) is 5.54 Å². The molecule has 0 heterocycles. The molecule has 2 unspecified atom stereocenters. The van der Waals surface area contributed by atoms with Crippen LogP contribution >= 0.6 is 0 Å². The number of hydrogen-bond donors (Lipinski definition) is 1. The summed E-state index contributed by atoms with van der Waals surface area (Å²) in [6, 6.07) is 3.61. The SMILES string of the molecule is CCNC1(C#N)CCCC(N(C)C(C)C)C1. The Labute approximate surface area is 99.8 Å². The Bertz CT molecular complexity index is 252. The highest BCUT2D eigenvalue weighted by Crippen LogP contribution is 2.31. The van der Waals surface area contributed by atoms with Crippen molar-refractivity contribution in [1.29, 1.82) is 5.26 Å². The molecular weight excluding hydrogens is 198 g/mol. The average molecular weight is 223 g/mol. The van der Waals surface area contributed by atoms with Crippen molar-refractivity contribution >= 4 is 0 Å². The Kier molecular flexibility index (Phi) is 4.76. The molecule has 0 radical (unpaired) electrons. The van der Waals surface area contributed by atoms with Crippen LogP contribution in [0.1, 0.15) is 46.5 Å². The number of hydrogen-bond acceptors (Lipinski definition) is 3. The lowest BCUT2D eigenvalue weighted by molar-refractivity contribution is 0.119. The van der Waals surface area contributed by atoms with E-state index in [1.165, 1.54) is 6.42 Å². The van der Waals surface area contributed by atoms with Crippen LogP contribution in [-0.2, 0) is 0 Å². The van der Waals surface area contributed by atoms with Crippen molar-refractivity contribution in [3.8, 4) is 6.07 Å². The molecule has 3 nitrogen and oxygen atoms in total. The Morgan fingerprint density at radius 3 is 2.75 bits per heavy atom. The van der Waals surface area contributed by atoms with Gasteiger partial charge in [-0.25, -0.2) is 0 Å². The molecule has 1 aliphatic rings. The number of nitrogens with zero attached hydrogens (tertiary/aromatic N) is 2. The van der Waals surface area contributed by atoms with Crippen LogP contribution in [0.25, 0.3) is 0 Å². The van der Waals surface area contributed by atoms with Crippen LogP contribution < -0.4 is 5.32 Å². The van der Waals surface area contributed by atoms with Crippen LogP contribution in [0.5, 0.6) is 0 Å². The van der Waals surface area contributed by atoms with Gasteiger partial charge in [-0.3, -0.25) is 5.32 Å². The van der Waals surface area contributed by atoms with Gasteiger partial charge in [0.25, 0.3) is 0 Å². The zero-order valence-electron chi connectivity index (χ0n) is 11.1. The van der Waals surface area contributed by atoms with Crippen LogP contribution in [0.2, 0.25) is 0 Å². The molecule has 0 spiro atoms. The normalized spacial score (nSPS) is 30.7. The Hall–Kier alpha value is -0.590. The summed E-state index contributed by atoms with van der Waals surface area (Å²) in [5, 5.41) is 12.8. The highest BCUT2D eigenvalue weighted by molar-refractivity contribution is 5.11. The number of nitrogens with one attached hydrogen (secondary N) is 1. The van der Waals surface area contributed by atoms with Crippen molar-refractivity contribution in [2.45, 2.75) is 64.1 Å². The van der Waals surface area contributed by atoms with E-state index in [0.717, 1.165) is 25.8 Å². The third-order valence-electron chi connectivity index (χ3n) is 3.84. The smallest absolute Gasteiger partial charge is 0.108 e. The van der Waals surface area contributed by atoms with Gasteiger partial charge in [0.15, 0.2) is 0 Å². The monoisotopic (exact) mass is 223 g/mol. The van der Waals surface area contributed by atoms with Crippen molar-refractivity contribution < 1.29 is 0 Å². The molecule has 0 aromatic heterocycles. The van der Waals surface area contributed by atoms with Crippen LogP contribution in [0.3, 0.4) is 0 Å². The van der Waals surface area contributed by atoms with Crippen molar-refractivity contribution in [1.82, 2.24) is 10.2 Å². The second-order valence-corrected chi connectivity index (χ2v) is 5.23. The van der Waals surface area contributed by atoms with Gasteiger partial charge >= 0.3 is 0 Å². The van der Waals surface area contributed by atoms with E-state index in [4.69, 9.17) is 0 Å². The quantitative estimate of drug-likeness (QED) is 0.793. The summed E-state index contributed by atoms with van der Waals surface area (Å²) in [5.41, 5.74) is -0.277. The van der Waals surface area contributed by atoms with E-state index in [2.05, 4.69) is 44.1 Å². The predicted molar refractivity (Wildman–Crippen MR) is 67.2 cm³/mol. The first-order valence-electron chi connectivity index (χ1n) is 6.43. The molecule has 92 valence electrons. The summed E-state index contributed by atoms with van der Waals surface area (Å²) in [6.45, 7) is 7.40. The molecule has 1 N–H and O–H groups in total. The maximum atomic E-state index is 9.38. The van der Waals surface area contributed by atoms with Gasteiger partial charge in [-0.05, 0) is 53.1 Å². The van der Waals surface area contributed by atoms with E-state index in [9.17, 15) is 5.26 Å². The standard InChI is InChI=1S/C13H25N3/c1-5-15-13(10-14)8-6-7-12(9-13)16(4)11(2)3/h11-12,15H,5-9H2,1-4H3. The van der Waals surface area contributed by atoms with Gasteiger partial charge in [0.1, 0.15) is 5.54 Å². The maximum Gasteiger partial charge on any atom is 0.108 e. The van der Waals surface area contributed by atoms with Gasteiger partial charge in [0.2, 0.25) is 0 Å². The molecule has 0 saturated heterocycles. The fourth-order valence-electron chi connectivity index (χ4n) is 2.66. The van der Waals surface area contributed by atoms with Crippen LogP contribution in [0.4, 0.5) is 0 Å². The summed E-state index contributed by atoms with van der Waals surface area (Å²) < 4.78 is 0. The van der Waals surface area contributed by atoms with Crippen molar-refractivity contribution in [2.75, 3.05) is 13.6 Å². The van der Waals surface area contributed by atoms with Gasteiger partial charge in [-0.15, -0.1) is 0 Å². The lowest BCUT2D eigenvalue weighted by Gasteiger charge is -2.41. The molecule has 0 amide bonds. The van der Waals surface area contributed by atoms with Crippen LogP contribution in [-0.4, -0.2) is 36.1 Å². The zero-order chi connectivity index (χ0) is 12.2. The van der Waals surface area contributed by atoms with E-state index in [1.54, 1.807) is 0 Å². The van der Waals surface area contributed by atoms with Gasteiger partial charge in [0.05, 0.1) is 6.07 Å². The Morgan fingerprint density at radius 1 is 1.56 bits per heavy atom. The fraction of sp³-hybridized carbons (Fsp3) is 0.923. The first kappa shape index (κ1) is 13.5. The summed E-state index contributed by atoms with van der Waals surface area (Å²) in [5.74, 6) is 0. The van der Waals surface area contributed by atoms with Gasteiger partial charge in [-0.2, -0.15) is 5.26 Å². The third kappa shape index (κ3) is 2.96. The van der Waals surface area contributed by atoms with Crippen molar-refractivity contribution in [2.24, 2.45) is 0 Å². The molecule has 3 heteroatoms. The summed E-state index contributed by atoms with van der Waals surface area (Å²) >= 11 is 0. The van der Waals surface area contributed by atoms with E-state index in [0.29, 0.717) is 12.1 Å². The minimum Gasteiger partial charge on any atom is -0.301 e. The van der Waals surface area contributed by atoms with Crippen molar-refractivity contribution in [3.05, 3.63) is 0 Å². The lowest BCUT2D eigenvalue weighted by Crippen LogP contribution is -2.53. The van der Waals surface area contributed by atoms with Gasteiger partial charge in [-0.1, -0.05) is 6.92 Å². The third-order valence-corrected chi connectivity index (χ3v) is 3.84. The maximum absolute atomic E-state index is 9.38. The molecule has 1 fully saturated rings. The molecule has 0 aromatic carbocycles. The molecular formula is C13H25N3. The molecule has 1 rings (SSSR count). The summed E-state index contributed by atoms with van der Waals surface area (Å²) in [6.07, 6.45) is 4.34. The minimum absolute atomic E-state index is 0.277. The number of nitriles is 1. The first-order chi connectivity index (χ1) is 7.54. The molecule has 0 bridgehead atoms. The van der Waals surface area contributed by atoms with E-state index >= 15 is 0 Å².